The van der Waals surface area contributed by atoms with Crippen molar-refractivity contribution in [3.8, 4) is 0 Å². The van der Waals surface area contributed by atoms with E-state index in [0.717, 1.165) is 5.56 Å². The lowest BCUT2D eigenvalue weighted by Gasteiger charge is -2.28. The van der Waals surface area contributed by atoms with E-state index < -0.39 is 12.1 Å². The summed E-state index contributed by atoms with van der Waals surface area (Å²) in [4.78, 5) is 41.4. The van der Waals surface area contributed by atoms with Crippen LogP contribution >= 0.6 is 0 Å². The number of carbonyl (C=O) groups is 3. The number of nitrogens with zero attached hydrogens (tertiary/aromatic N) is 1. The average Bonchev–Trinajstić information content (AvgIpc) is 2.87. The normalized spacial score (nSPS) is 15.9. The van der Waals surface area contributed by atoms with Gasteiger partial charge >= 0.3 is 0 Å². The molecule has 0 bridgehead atoms. The van der Waals surface area contributed by atoms with Crippen LogP contribution in [0.15, 0.2) is 54.6 Å². The Morgan fingerprint density at radius 1 is 0.971 bits per heavy atom. The van der Waals surface area contributed by atoms with Gasteiger partial charge in [-0.3, -0.25) is 19.3 Å². The molecule has 187 valence electrons. The Labute approximate surface area is 208 Å². The van der Waals surface area contributed by atoms with Gasteiger partial charge < -0.3 is 15.4 Å². The van der Waals surface area contributed by atoms with Gasteiger partial charge in [0.2, 0.25) is 11.8 Å². The van der Waals surface area contributed by atoms with E-state index >= 15 is 0 Å². The molecule has 1 saturated heterocycles. The third-order valence-electron chi connectivity index (χ3n) is 6.00. The highest BCUT2D eigenvalue weighted by molar-refractivity contribution is 6.02. The Balaban J connectivity index is 1.70. The van der Waals surface area contributed by atoms with Crippen LogP contribution in [0.25, 0.3) is 0 Å². The first kappa shape index (κ1) is 26.6. The van der Waals surface area contributed by atoms with Gasteiger partial charge in [-0.25, -0.2) is 0 Å². The van der Waals surface area contributed by atoms with Crippen LogP contribution in [0.3, 0.4) is 0 Å². The van der Waals surface area contributed by atoms with Crippen LogP contribution in [0.2, 0.25) is 0 Å². The van der Waals surface area contributed by atoms with Crippen molar-refractivity contribution in [3.05, 3.63) is 71.8 Å². The Bertz CT molecular complexity index is 943. The first-order valence-electron chi connectivity index (χ1n) is 12.4. The van der Waals surface area contributed by atoms with E-state index in [4.69, 9.17) is 4.74 Å². The van der Waals surface area contributed by atoms with Crippen LogP contribution in [-0.4, -0.2) is 67.4 Å². The predicted molar refractivity (Wildman–Crippen MR) is 135 cm³/mol. The highest BCUT2D eigenvalue weighted by Crippen LogP contribution is 2.13. The predicted octanol–water partition coefficient (Wildman–Crippen LogP) is 2.65. The number of aryl methyl sites for hydroxylation is 1. The summed E-state index contributed by atoms with van der Waals surface area (Å²) in [6, 6.07) is 18.4. The molecule has 2 amide bonds. The molecule has 1 aliphatic rings. The number of morpholine rings is 1. The summed E-state index contributed by atoms with van der Waals surface area (Å²) in [6.07, 6.45) is 1.57. The lowest BCUT2D eigenvalue weighted by Crippen LogP contribution is -2.54. The number of ketones is 1. The molecule has 1 aliphatic heterocycles. The van der Waals surface area contributed by atoms with Crippen LogP contribution in [-0.2, 0) is 20.7 Å². The van der Waals surface area contributed by atoms with E-state index in [1.54, 1.807) is 24.3 Å². The molecule has 1 fully saturated rings. The molecule has 1 radical (unpaired) electrons. The Morgan fingerprint density at radius 3 is 2.34 bits per heavy atom. The van der Waals surface area contributed by atoms with Crippen molar-refractivity contribution >= 4 is 17.6 Å². The number of Topliss-reactive ketones (excluding diaryl/α,β-unsaturated/α-hetero) is 1. The zero-order valence-electron chi connectivity index (χ0n) is 20.7. The fourth-order valence-corrected chi connectivity index (χ4v) is 4.14. The Hall–Kier alpha value is -3.03. The van der Waals surface area contributed by atoms with Crippen molar-refractivity contribution < 1.29 is 19.1 Å². The second-order valence-corrected chi connectivity index (χ2v) is 9.36. The maximum atomic E-state index is 13.4. The minimum atomic E-state index is -0.744. The first-order valence-corrected chi connectivity index (χ1v) is 12.4. The van der Waals surface area contributed by atoms with E-state index in [-0.39, 0.29) is 30.1 Å². The van der Waals surface area contributed by atoms with E-state index in [2.05, 4.69) is 16.7 Å². The maximum absolute atomic E-state index is 13.4. The van der Waals surface area contributed by atoms with E-state index in [9.17, 15) is 14.4 Å². The van der Waals surface area contributed by atoms with Gasteiger partial charge in [0.1, 0.15) is 6.04 Å². The molecule has 2 atom stereocenters. The summed E-state index contributed by atoms with van der Waals surface area (Å²) in [5, 5.41) is 5.85. The molecule has 2 aromatic carbocycles. The van der Waals surface area contributed by atoms with Gasteiger partial charge in [-0.15, -0.1) is 0 Å². The second-order valence-electron chi connectivity index (χ2n) is 9.36. The summed E-state index contributed by atoms with van der Waals surface area (Å²) in [5.74, 6) is -0.518. The van der Waals surface area contributed by atoms with E-state index in [0.29, 0.717) is 51.1 Å². The molecular weight excluding hydrogens is 442 g/mol. The van der Waals surface area contributed by atoms with E-state index in [1.807, 2.05) is 49.1 Å². The number of ether oxygens (including phenoxy) is 1. The molecule has 0 unspecified atom stereocenters. The quantitative estimate of drug-likeness (QED) is 0.458. The zero-order chi connectivity index (χ0) is 25.0. The third-order valence-corrected chi connectivity index (χ3v) is 6.00. The standard InChI is InChI=1S/C28H36N3O4/c1-21(2)19-25(27(33)23-11-7-4-8-12-23)30-28(34)24(14-13-22-9-5-3-6-10-22)29-26(32)20-31-15-17-35-18-16-31/h3-11,21,24-25H,13-20H2,1-2H3,(H,29,32)(H,30,34)/t24-,25-/m0/s1. The topological polar surface area (TPSA) is 87.7 Å². The average molecular weight is 479 g/mol. The fraction of sp³-hybridized carbons (Fsp3) is 0.464. The van der Waals surface area contributed by atoms with Crippen molar-refractivity contribution in [2.24, 2.45) is 5.92 Å². The van der Waals surface area contributed by atoms with Gasteiger partial charge in [0.05, 0.1) is 25.8 Å². The van der Waals surface area contributed by atoms with Crippen LogP contribution in [0.4, 0.5) is 0 Å². The summed E-state index contributed by atoms with van der Waals surface area (Å²) in [5.41, 5.74) is 1.53. The second kappa shape index (κ2) is 13.8. The van der Waals surface area contributed by atoms with Gasteiger partial charge in [0.15, 0.2) is 5.78 Å². The zero-order valence-corrected chi connectivity index (χ0v) is 20.7. The molecule has 2 N–H and O–H groups in total. The molecule has 0 spiro atoms. The van der Waals surface area contributed by atoms with Crippen molar-refractivity contribution in [2.45, 2.75) is 45.2 Å². The van der Waals surface area contributed by atoms with Crippen molar-refractivity contribution in [2.75, 3.05) is 32.8 Å². The van der Waals surface area contributed by atoms with Crippen molar-refractivity contribution in [1.82, 2.24) is 15.5 Å². The van der Waals surface area contributed by atoms with Crippen molar-refractivity contribution in [3.63, 3.8) is 0 Å². The van der Waals surface area contributed by atoms with Crippen LogP contribution in [0.1, 0.15) is 42.6 Å². The molecule has 0 saturated carbocycles. The summed E-state index contributed by atoms with van der Waals surface area (Å²) < 4.78 is 5.35. The molecule has 2 aromatic rings. The van der Waals surface area contributed by atoms with Crippen LogP contribution in [0, 0.1) is 12.0 Å². The number of amides is 2. The first-order chi connectivity index (χ1) is 16.9. The molecule has 35 heavy (non-hydrogen) atoms. The molecule has 7 nitrogen and oxygen atoms in total. The molecular formula is C28H36N3O4. The van der Waals surface area contributed by atoms with Gasteiger partial charge in [-0.05, 0) is 36.8 Å². The lowest BCUT2D eigenvalue weighted by atomic mass is 9.95. The van der Waals surface area contributed by atoms with Crippen LogP contribution in [0.5, 0.6) is 0 Å². The third kappa shape index (κ3) is 8.92. The number of hydrogen-bond acceptors (Lipinski definition) is 5. The highest BCUT2D eigenvalue weighted by Gasteiger charge is 2.28. The molecule has 3 rings (SSSR count). The summed E-state index contributed by atoms with van der Waals surface area (Å²) in [7, 11) is 0. The monoisotopic (exact) mass is 478 g/mol. The maximum Gasteiger partial charge on any atom is 0.243 e. The van der Waals surface area contributed by atoms with Gasteiger partial charge in [-0.1, -0.05) is 68.4 Å². The molecule has 1 heterocycles. The number of hydrogen-bond donors (Lipinski definition) is 2. The SMILES string of the molecule is CC(C)C[C@H](NC(=O)[C@H](CCc1ccccc1)NC(=O)CN1CCOCC1)C(=O)c1[c]cccc1. The number of nitrogens with one attached hydrogen (secondary N) is 2. The van der Waals surface area contributed by atoms with Crippen LogP contribution < -0.4 is 10.6 Å². The van der Waals surface area contributed by atoms with Gasteiger partial charge in [-0.2, -0.15) is 0 Å². The van der Waals surface area contributed by atoms with Gasteiger partial charge in [0, 0.05) is 18.7 Å². The Kier molecular flexibility index (Phi) is 10.4. The smallest absolute Gasteiger partial charge is 0.243 e. The Morgan fingerprint density at radius 2 is 1.69 bits per heavy atom. The molecule has 7 heteroatoms. The number of rotatable bonds is 12. The van der Waals surface area contributed by atoms with E-state index in [1.165, 1.54) is 0 Å². The molecule has 0 aliphatic carbocycles. The highest BCUT2D eigenvalue weighted by atomic mass is 16.5. The summed E-state index contributed by atoms with van der Waals surface area (Å²) in [6.45, 7) is 6.81. The van der Waals surface area contributed by atoms with Crippen molar-refractivity contribution in [1.29, 1.82) is 0 Å². The molecule has 0 aromatic heterocycles. The lowest BCUT2D eigenvalue weighted by molar-refractivity contribution is -0.130. The number of benzene rings is 2. The minimum absolute atomic E-state index is 0.172. The minimum Gasteiger partial charge on any atom is -0.379 e. The van der Waals surface area contributed by atoms with Gasteiger partial charge in [0.25, 0.3) is 0 Å². The fourth-order valence-electron chi connectivity index (χ4n) is 4.14. The number of carbonyl (C=O) groups excluding carboxylic acids is 3. The largest absolute Gasteiger partial charge is 0.379 e. The summed E-state index contributed by atoms with van der Waals surface area (Å²) >= 11 is 0.